The third-order valence-electron chi connectivity index (χ3n) is 10.7. The van der Waals surface area contributed by atoms with Gasteiger partial charge in [0.15, 0.2) is 0 Å². The largest absolute Gasteiger partial charge is 0.480 e. The molecule has 15 nitrogen and oxygen atoms in total. The minimum Gasteiger partial charge on any atom is -0.480 e. The first-order chi connectivity index (χ1) is 25.2. The third-order valence-corrected chi connectivity index (χ3v) is 10.7. The van der Waals surface area contributed by atoms with Gasteiger partial charge in [-0.3, -0.25) is 14.7 Å². The van der Waals surface area contributed by atoms with Crippen LogP contribution >= 0.6 is 0 Å². The number of carbonyl (C=O) groups is 6. The Morgan fingerprint density at radius 2 is 0.764 bits per heavy atom. The number of carbonyl (C=O) groups excluding carboxylic acids is 5. The summed E-state index contributed by atoms with van der Waals surface area (Å²) in [6.45, 7) is 22.3. The van der Waals surface area contributed by atoms with Gasteiger partial charge in [-0.25, -0.2) is 28.8 Å². The second-order valence-electron chi connectivity index (χ2n) is 19.3. The molecule has 3 saturated heterocycles. The van der Waals surface area contributed by atoms with Crippen molar-refractivity contribution in [2.24, 2.45) is 16.2 Å². The van der Waals surface area contributed by atoms with Crippen molar-refractivity contribution in [3.05, 3.63) is 0 Å². The first kappa shape index (κ1) is 43.9. The Morgan fingerprint density at radius 1 is 0.509 bits per heavy atom. The van der Waals surface area contributed by atoms with Crippen LogP contribution in [0.3, 0.4) is 0 Å². The molecule has 15 heteroatoms. The molecular formula is C40H65N3O12. The van der Waals surface area contributed by atoms with Crippen molar-refractivity contribution in [2.75, 3.05) is 32.8 Å². The summed E-state index contributed by atoms with van der Waals surface area (Å²) < 4.78 is 26.1. The normalized spacial score (nSPS) is 24.9. The number of carboxylic acid groups (broad SMARTS) is 1. The fourth-order valence-electron chi connectivity index (χ4n) is 7.44. The molecule has 3 aliphatic heterocycles. The summed E-state index contributed by atoms with van der Waals surface area (Å²) in [5.74, 6) is -1.55. The fraction of sp³-hybridized carbons (Fsp3) is 0.850. The molecule has 0 aromatic rings. The van der Waals surface area contributed by atoms with Crippen molar-refractivity contribution in [3.8, 4) is 0 Å². The molecule has 6 rings (SSSR count). The molecule has 1 unspecified atom stereocenters. The van der Waals surface area contributed by atoms with Crippen molar-refractivity contribution in [1.82, 2.24) is 14.7 Å². The maximum Gasteiger partial charge on any atom is 0.411 e. The van der Waals surface area contributed by atoms with Gasteiger partial charge in [0, 0.05) is 19.6 Å². The topological polar surface area (TPSA) is 179 Å². The highest BCUT2D eigenvalue weighted by Gasteiger charge is 2.58. The van der Waals surface area contributed by atoms with Gasteiger partial charge >= 0.3 is 36.2 Å². The van der Waals surface area contributed by atoms with E-state index in [-0.39, 0.29) is 28.2 Å². The molecule has 3 heterocycles. The van der Waals surface area contributed by atoms with Gasteiger partial charge in [-0.05, 0) is 150 Å². The molecular weight excluding hydrogens is 714 g/mol. The number of carboxylic acids is 1. The van der Waals surface area contributed by atoms with Gasteiger partial charge in [0.05, 0.1) is 13.2 Å². The molecule has 3 saturated carbocycles. The number of aliphatic carboxylic acids is 1. The summed E-state index contributed by atoms with van der Waals surface area (Å²) in [6.07, 6.45) is 7.07. The number of hydrogen-bond donors (Lipinski definition) is 1. The van der Waals surface area contributed by atoms with Crippen molar-refractivity contribution in [3.63, 3.8) is 0 Å². The SMILES string of the molecule is CC(C)(C)OC(=O)N1CC2(CC2)C[C@H]1C(=O)O.CCOC(=O)C1CC2(CC2)CN1C(=O)OC(C)(C)C.CCOC(=O)[C@H]1CC2(CC2)CN1C(=O)OC(C)(C)C. The number of nitrogens with zero attached hydrogens (tertiary/aromatic N) is 3. The zero-order valence-electron chi connectivity index (χ0n) is 34.9. The number of likely N-dealkylation sites (tertiary alicyclic amines) is 3. The predicted octanol–water partition coefficient (Wildman–Crippen LogP) is 6.54. The second-order valence-corrected chi connectivity index (χ2v) is 19.3. The van der Waals surface area contributed by atoms with Gasteiger partial charge in [0.1, 0.15) is 34.9 Å². The quantitative estimate of drug-likeness (QED) is 0.236. The van der Waals surface area contributed by atoms with Gasteiger partial charge in [-0.1, -0.05) is 0 Å². The van der Waals surface area contributed by atoms with Gasteiger partial charge in [0.25, 0.3) is 0 Å². The van der Waals surface area contributed by atoms with Crippen LogP contribution in [0.2, 0.25) is 0 Å². The van der Waals surface area contributed by atoms with Crippen molar-refractivity contribution in [1.29, 1.82) is 0 Å². The number of rotatable bonds is 5. The Morgan fingerprint density at radius 3 is 0.982 bits per heavy atom. The van der Waals surface area contributed by atoms with Gasteiger partial charge in [-0.2, -0.15) is 0 Å². The first-order valence-electron chi connectivity index (χ1n) is 19.8. The van der Waals surface area contributed by atoms with E-state index in [1.54, 1.807) is 44.4 Å². The summed E-state index contributed by atoms with van der Waals surface area (Å²) in [5, 5.41) is 9.14. The number of ether oxygens (including phenoxy) is 5. The van der Waals surface area contributed by atoms with E-state index in [0.717, 1.165) is 38.5 Å². The van der Waals surface area contributed by atoms with Gasteiger partial charge < -0.3 is 28.8 Å². The maximum atomic E-state index is 12.2. The molecule has 0 aromatic carbocycles. The highest BCUT2D eigenvalue weighted by Crippen LogP contribution is 2.56. The Kier molecular flexibility index (Phi) is 12.8. The van der Waals surface area contributed by atoms with E-state index in [1.165, 1.54) is 4.90 Å². The van der Waals surface area contributed by atoms with E-state index < -0.39 is 59.2 Å². The summed E-state index contributed by atoms with van der Waals surface area (Å²) >= 11 is 0. The molecule has 6 fully saturated rings. The Bertz CT molecular complexity index is 1390. The lowest BCUT2D eigenvalue weighted by molar-refractivity contribution is -0.149. The minimum absolute atomic E-state index is 0.0694. The molecule has 6 aliphatic rings. The van der Waals surface area contributed by atoms with Crippen LogP contribution in [0, 0.1) is 16.2 Å². The zero-order chi connectivity index (χ0) is 41.4. The summed E-state index contributed by atoms with van der Waals surface area (Å²) in [4.78, 5) is 75.9. The average Bonchev–Trinajstić information content (AvgIpc) is 3.96. The van der Waals surface area contributed by atoms with E-state index in [0.29, 0.717) is 52.1 Å². The van der Waals surface area contributed by atoms with Crippen LogP contribution in [0.5, 0.6) is 0 Å². The van der Waals surface area contributed by atoms with E-state index in [4.69, 9.17) is 28.8 Å². The van der Waals surface area contributed by atoms with E-state index in [2.05, 4.69) is 0 Å². The number of hydrogen-bond acceptors (Lipinski definition) is 11. The molecule has 0 aromatic heterocycles. The molecule has 0 radical (unpaired) electrons. The summed E-state index contributed by atoms with van der Waals surface area (Å²) in [7, 11) is 0. The predicted molar refractivity (Wildman–Crippen MR) is 200 cm³/mol. The fourth-order valence-corrected chi connectivity index (χ4v) is 7.44. The zero-order valence-corrected chi connectivity index (χ0v) is 34.9. The van der Waals surface area contributed by atoms with Crippen molar-refractivity contribution in [2.45, 2.75) is 169 Å². The van der Waals surface area contributed by atoms with Crippen LogP contribution in [0.15, 0.2) is 0 Å². The highest BCUT2D eigenvalue weighted by molar-refractivity contribution is 5.84. The lowest BCUT2D eigenvalue weighted by atomic mass is 10.0. The molecule has 55 heavy (non-hydrogen) atoms. The molecule has 3 spiro atoms. The Balaban J connectivity index is 0.000000184. The highest BCUT2D eigenvalue weighted by atomic mass is 16.6. The molecule has 312 valence electrons. The minimum atomic E-state index is -0.931. The van der Waals surface area contributed by atoms with Crippen molar-refractivity contribution >= 4 is 36.2 Å². The first-order valence-corrected chi connectivity index (χ1v) is 19.8. The Hall–Kier alpha value is -3.78. The van der Waals surface area contributed by atoms with Crippen LogP contribution in [-0.4, -0.2) is 124 Å². The number of esters is 2. The van der Waals surface area contributed by atoms with E-state index in [1.807, 2.05) is 41.5 Å². The van der Waals surface area contributed by atoms with E-state index >= 15 is 0 Å². The van der Waals surface area contributed by atoms with Crippen LogP contribution in [0.1, 0.15) is 134 Å². The van der Waals surface area contributed by atoms with Gasteiger partial charge in [0.2, 0.25) is 0 Å². The van der Waals surface area contributed by atoms with Crippen molar-refractivity contribution < 1.29 is 57.6 Å². The van der Waals surface area contributed by atoms with Crippen LogP contribution < -0.4 is 0 Å². The van der Waals surface area contributed by atoms with E-state index in [9.17, 15) is 28.8 Å². The lowest BCUT2D eigenvalue weighted by Crippen LogP contribution is -2.44. The van der Waals surface area contributed by atoms with Crippen LogP contribution in [0.25, 0.3) is 0 Å². The molecule has 1 N–H and O–H groups in total. The molecule has 3 amide bonds. The monoisotopic (exact) mass is 779 g/mol. The standard InChI is InChI=1S/2C14H23NO4.C12H19NO4/c2*1-5-18-11(16)10-8-14(6-7-14)9-15(10)12(17)19-13(2,3)4;1-11(2,3)17-10(16)13-7-12(4-5-12)6-8(13)9(14)15/h2*10H,5-9H2,1-4H3;8H,4-7H2,1-3H3,(H,14,15)/t10-;;8-/m1.0/s1. The second kappa shape index (κ2) is 16.0. The molecule has 0 bridgehead atoms. The third kappa shape index (κ3) is 12.1. The average molecular weight is 780 g/mol. The Labute approximate surface area is 326 Å². The maximum absolute atomic E-state index is 12.2. The molecule has 3 atom stereocenters. The smallest absolute Gasteiger partial charge is 0.411 e. The summed E-state index contributed by atoms with van der Waals surface area (Å²) in [5.41, 5.74) is -1.31. The molecule has 3 aliphatic carbocycles. The summed E-state index contributed by atoms with van der Waals surface area (Å²) in [6, 6.07) is -1.66. The van der Waals surface area contributed by atoms with Crippen LogP contribution in [0.4, 0.5) is 14.4 Å². The van der Waals surface area contributed by atoms with Gasteiger partial charge in [-0.15, -0.1) is 0 Å². The lowest BCUT2D eigenvalue weighted by Gasteiger charge is -2.27. The number of amides is 3. The van der Waals surface area contributed by atoms with Crippen LogP contribution in [-0.2, 0) is 38.1 Å².